The molecule has 0 aliphatic carbocycles. The van der Waals surface area contributed by atoms with E-state index in [-0.39, 0.29) is 11.7 Å². The van der Waals surface area contributed by atoms with Crippen LogP contribution in [0.15, 0.2) is 12.2 Å². The summed E-state index contributed by atoms with van der Waals surface area (Å²) in [5.74, 6) is 6.05. The molecular formula is C14H20O2. The Labute approximate surface area is 98.0 Å². The number of hydrogen-bond acceptors (Lipinski definition) is 2. The van der Waals surface area contributed by atoms with E-state index in [1.807, 2.05) is 6.92 Å². The molecule has 0 saturated carbocycles. The van der Waals surface area contributed by atoms with Crippen molar-refractivity contribution < 1.29 is 9.47 Å². The van der Waals surface area contributed by atoms with E-state index in [1.165, 1.54) is 5.57 Å². The number of ether oxygens (including phenoxy) is 2. The standard InChI is InChI=1S/C14H20O2/c1-3-4-5-13-10-12(2)11-14(16-13)6-8-15-9-7-14/h13H,2,5-11H2,1H3/t13-/m0/s1. The van der Waals surface area contributed by atoms with Crippen molar-refractivity contribution >= 4 is 0 Å². The fourth-order valence-electron chi connectivity index (χ4n) is 2.65. The summed E-state index contributed by atoms with van der Waals surface area (Å²) in [5, 5.41) is 0. The molecule has 2 saturated heterocycles. The molecule has 0 N–H and O–H groups in total. The maximum absolute atomic E-state index is 6.24. The second kappa shape index (κ2) is 5.03. The van der Waals surface area contributed by atoms with Gasteiger partial charge in [0.1, 0.15) is 0 Å². The Morgan fingerprint density at radius 2 is 2.19 bits per heavy atom. The van der Waals surface area contributed by atoms with Gasteiger partial charge in [-0.2, -0.15) is 0 Å². The van der Waals surface area contributed by atoms with E-state index in [4.69, 9.17) is 9.47 Å². The number of hydrogen-bond donors (Lipinski definition) is 0. The van der Waals surface area contributed by atoms with Crippen LogP contribution in [0.1, 0.15) is 39.0 Å². The third-order valence-corrected chi connectivity index (χ3v) is 3.42. The first-order valence-corrected chi connectivity index (χ1v) is 6.06. The SMILES string of the molecule is C=C1C[C@H](CC#CC)OC2(CCOCC2)C1. The molecule has 2 rings (SSSR count). The van der Waals surface area contributed by atoms with Crippen LogP contribution in [0.4, 0.5) is 0 Å². The molecule has 1 spiro atoms. The third kappa shape index (κ3) is 2.66. The predicted octanol–water partition coefficient (Wildman–Crippen LogP) is 2.68. The zero-order valence-electron chi connectivity index (χ0n) is 10.1. The lowest BCUT2D eigenvalue weighted by molar-refractivity contribution is -0.154. The Bertz CT molecular complexity index is 315. The van der Waals surface area contributed by atoms with Gasteiger partial charge in [0.2, 0.25) is 0 Å². The molecule has 0 aromatic heterocycles. The average Bonchev–Trinajstić information content (AvgIpc) is 2.26. The van der Waals surface area contributed by atoms with Crippen LogP contribution in [0.5, 0.6) is 0 Å². The summed E-state index contributed by atoms with van der Waals surface area (Å²) >= 11 is 0. The highest BCUT2D eigenvalue weighted by molar-refractivity contribution is 5.10. The summed E-state index contributed by atoms with van der Waals surface area (Å²) in [4.78, 5) is 0. The van der Waals surface area contributed by atoms with Crippen molar-refractivity contribution in [1.82, 2.24) is 0 Å². The van der Waals surface area contributed by atoms with E-state index in [1.54, 1.807) is 0 Å². The molecule has 1 atom stereocenters. The highest BCUT2D eigenvalue weighted by Gasteiger charge is 2.39. The lowest BCUT2D eigenvalue weighted by atomic mass is 9.82. The molecule has 0 aromatic carbocycles. The van der Waals surface area contributed by atoms with E-state index in [9.17, 15) is 0 Å². The van der Waals surface area contributed by atoms with Gasteiger partial charge in [0.05, 0.1) is 11.7 Å². The lowest BCUT2D eigenvalue weighted by Crippen LogP contribution is -2.45. The van der Waals surface area contributed by atoms with Gasteiger partial charge in [-0.1, -0.05) is 12.2 Å². The molecule has 0 bridgehead atoms. The molecule has 2 nitrogen and oxygen atoms in total. The van der Waals surface area contributed by atoms with E-state index < -0.39 is 0 Å². The van der Waals surface area contributed by atoms with Gasteiger partial charge in [-0.15, -0.1) is 11.8 Å². The normalized spacial score (nSPS) is 28.6. The van der Waals surface area contributed by atoms with Crippen molar-refractivity contribution in [3.63, 3.8) is 0 Å². The van der Waals surface area contributed by atoms with Crippen molar-refractivity contribution in [2.45, 2.75) is 50.7 Å². The average molecular weight is 220 g/mol. The molecule has 2 aliphatic rings. The van der Waals surface area contributed by atoms with Crippen LogP contribution in [0, 0.1) is 11.8 Å². The predicted molar refractivity (Wildman–Crippen MR) is 64.1 cm³/mol. The monoisotopic (exact) mass is 220 g/mol. The van der Waals surface area contributed by atoms with Gasteiger partial charge in [0, 0.05) is 32.5 Å². The molecule has 2 heteroatoms. The van der Waals surface area contributed by atoms with Gasteiger partial charge < -0.3 is 9.47 Å². The first-order chi connectivity index (χ1) is 7.74. The maximum atomic E-state index is 6.24. The highest BCUT2D eigenvalue weighted by Crippen LogP contribution is 2.39. The Morgan fingerprint density at radius 3 is 2.88 bits per heavy atom. The van der Waals surface area contributed by atoms with Gasteiger partial charge in [0.15, 0.2) is 0 Å². The highest BCUT2D eigenvalue weighted by atomic mass is 16.5. The fraction of sp³-hybridized carbons (Fsp3) is 0.714. The first kappa shape index (κ1) is 11.7. The summed E-state index contributed by atoms with van der Waals surface area (Å²) < 4.78 is 11.7. The molecular weight excluding hydrogens is 200 g/mol. The first-order valence-electron chi connectivity index (χ1n) is 6.06. The van der Waals surface area contributed by atoms with Crippen LogP contribution in [-0.4, -0.2) is 24.9 Å². The largest absolute Gasteiger partial charge is 0.381 e. The Kier molecular flexibility index (Phi) is 3.68. The Morgan fingerprint density at radius 1 is 1.44 bits per heavy atom. The summed E-state index contributed by atoms with van der Waals surface area (Å²) in [5.41, 5.74) is 1.32. The molecule has 0 aromatic rings. The van der Waals surface area contributed by atoms with Crippen LogP contribution in [-0.2, 0) is 9.47 Å². The zero-order chi connectivity index (χ0) is 11.4. The van der Waals surface area contributed by atoms with Gasteiger partial charge in [-0.25, -0.2) is 0 Å². The van der Waals surface area contributed by atoms with Crippen LogP contribution in [0.2, 0.25) is 0 Å². The second-order valence-electron chi connectivity index (χ2n) is 4.80. The molecule has 88 valence electrons. The van der Waals surface area contributed by atoms with Crippen LogP contribution < -0.4 is 0 Å². The third-order valence-electron chi connectivity index (χ3n) is 3.42. The maximum Gasteiger partial charge on any atom is 0.0767 e. The molecule has 16 heavy (non-hydrogen) atoms. The van der Waals surface area contributed by atoms with Crippen molar-refractivity contribution in [3.8, 4) is 11.8 Å². The van der Waals surface area contributed by atoms with Crippen molar-refractivity contribution in [2.24, 2.45) is 0 Å². The molecule has 2 fully saturated rings. The Balaban J connectivity index is 2.02. The molecule has 2 aliphatic heterocycles. The van der Waals surface area contributed by atoms with Crippen LogP contribution in [0.25, 0.3) is 0 Å². The topological polar surface area (TPSA) is 18.5 Å². The van der Waals surface area contributed by atoms with E-state index in [0.29, 0.717) is 0 Å². The smallest absolute Gasteiger partial charge is 0.0767 e. The van der Waals surface area contributed by atoms with Crippen LogP contribution >= 0.6 is 0 Å². The van der Waals surface area contributed by atoms with Crippen molar-refractivity contribution in [1.29, 1.82) is 0 Å². The number of rotatable bonds is 1. The van der Waals surface area contributed by atoms with E-state index in [2.05, 4.69) is 18.4 Å². The molecule has 0 unspecified atom stereocenters. The van der Waals surface area contributed by atoms with E-state index in [0.717, 1.165) is 45.3 Å². The summed E-state index contributed by atoms with van der Waals surface area (Å²) in [6.45, 7) is 7.67. The fourth-order valence-corrected chi connectivity index (χ4v) is 2.65. The zero-order valence-corrected chi connectivity index (χ0v) is 10.1. The summed E-state index contributed by atoms with van der Waals surface area (Å²) in [6.07, 6.45) is 5.05. The van der Waals surface area contributed by atoms with Gasteiger partial charge in [0.25, 0.3) is 0 Å². The minimum Gasteiger partial charge on any atom is -0.381 e. The van der Waals surface area contributed by atoms with Gasteiger partial charge in [-0.3, -0.25) is 0 Å². The minimum atomic E-state index is 0.00761. The van der Waals surface area contributed by atoms with Gasteiger partial charge >= 0.3 is 0 Å². The lowest BCUT2D eigenvalue weighted by Gasteiger charge is -2.44. The molecule has 2 heterocycles. The second-order valence-corrected chi connectivity index (χ2v) is 4.80. The molecule has 0 amide bonds. The van der Waals surface area contributed by atoms with Gasteiger partial charge in [-0.05, 0) is 19.8 Å². The van der Waals surface area contributed by atoms with Crippen molar-refractivity contribution in [3.05, 3.63) is 12.2 Å². The van der Waals surface area contributed by atoms with Crippen LogP contribution in [0.3, 0.4) is 0 Å². The molecule has 0 radical (unpaired) electrons. The van der Waals surface area contributed by atoms with Crippen molar-refractivity contribution in [2.75, 3.05) is 13.2 Å². The van der Waals surface area contributed by atoms with E-state index >= 15 is 0 Å². The summed E-state index contributed by atoms with van der Waals surface area (Å²) in [7, 11) is 0. The Hall–Kier alpha value is -0.780. The minimum absolute atomic E-state index is 0.00761. The summed E-state index contributed by atoms with van der Waals surface area (Å²) in [6, 6.07) is 0. The quantitative estimate of drug-likeness (QED) is 0.499.